The first-order chi connectivity index (χ1) is 9.97. The monoisotopic (exact) mass is 290 g/mol. The minimum Gasteiger partial charge on any atom is -0.478 e. The summed E-state index contributed by atoms with van der Waals surface area (Å²) in [6, 6.07) is 7.05. The number of rotatable bonds is 6. The van der Waals surface area contributed by atoms with Crippen molar-refractivity contribution < 1.29 is 19.2 Å². The lowest BCUT2D eigenvalue weighted by molar-refractivity contribution is -0.384. The summed E-state index contributed by atoms with van der Waals surface area (Å²) in [6.45, 7) is 1.84. The maximum absolute atomic E-state index is 11.2. The molecule has 7 heteroatoms. The van der Waals surface area contributed by atoms with Gasteiger partial charge in [-0.25, -0.2) is 4.79 Å². The van der Waals surface area contributed by atoms with Gasteiger partial charge in [-0.2, -0.15) is 0 Å². The fraction of sp³-hybridized carbons (Fsp3) is 0.214. The highest BCUT2D eigenvalue weighted by molar-refractivity contribution is 5.94. The van der Waals surface area contributed by atoms with Gasteiger partial charge >= 0.3 is 5.97 Å². The van der Waals surface area contributed by atoms with Gasteiger partial charge in [-0.1, -0.05) is 0 Å². The van der Waals surface area contributed by atoms with Gasteiger partial charge in [-0.15, -0.1) is 0 Å². The molecule has 0 aliphatic heterocycles. The maximum Gasteiger partial charge on any atom is 0.337 e. The van der Waals surface area contributed by atoms with Crippen molar-refractivity contribution in [2.75, 3.05) is 5.32 Å². The van der Waals surface area contributed by atoms with E-state index in [1.165, 1.54) is 18.2 Å². The van der Waals surface area contributed by atoms with Gasteiger partial charge in [-0.3, -0.25) is 10.1 Å². The number of hydrogen-bond donors (Lipinski definition) is 2. The van der Waals surface area contributed by atoms with Crippen molar-refractivity contribution in [1.29, 1.82) is 0 Å². The van der Waals surface area contributed by atoms with Crippen LogP contribution in [0.3, 0.4) is 0 Å². The molecule has 110 valence electrons. The number of hydrogen-bond acceptors (Lipinski definition) is 5. The fourth-order valence-electron chi connectivity index (χ4n) is 2.00. The molecule has 1 heterocycles. The first-order valence-electron chi connectivity index (χ1n) is 6.28. The Kier molecular flexibility index (Phi) is 4.22. The molecular formula is C14H14N2O5. The van der Waals surface area contributed by atoms with Gasteiger partial charge in [0.15, 0.2) is 0 Å². The van der Waals surface area contributed by atoms with Gasteiger partial charge < -0.3 is 14.8 Å². The van der Waals surface area contributed by atoms with Crippen LogP contribution in [0.15, 0.2) is 41.0 Å². The van der Waals surface area contributed by atoms with E-state index >= 15 is 0 Å². The number of carboxylic acids is 1. The number of nitro groups is 1. The SMILES string of the molecule is CC(Cc1ccco1)Nc1cc([N+](=O)[O-])ccc1C(=O)O. The molecule has 1 unspecified atom stereocenters. The third kappa shape index (κ3) is 3.59. The minimum atomic E-state index is -1.14. The van der Waals surface area contributed by atoms with Crippen molar-refractivity contribution in [2.24, 2.45) is 0 Å². The molecule has 0 radical (unpaired) electrons. The Morgan fingerprint density at radius 3 is 2.81 bits per heavy atom. The Hall–Kier alpha value is -2.83. The standard InChI is InChI=1S/C14H14N2O5/c1-9(7-11-3-2-6-21-11)15-13-8-10(16(19)20)4-5-12(13)14(17)18/h2-6,8-9,15H,7H2,1H3,(H,17,18). The van der Waals surface area contributed by atoms with E-state index in [0.717, 1.165) is 5.76 Å². The zero-order chi connectivity index (χ0) is 15.4. The minimum absolute atomic E-state index is 0.00750. The summed E-state index contributed by atoms with van der Waals surface area (Å²) in [4.78, 5) is 21.4. The van der Waals surface area contributed by atoms with Crippen molar-refractivity contribution in [1.82, 2.24) is 0 Å². The van der Waals surface area contributed by atoms with E-state index in [1.54, 1.807) is 12.3 Å². The number of nitro benzene ring substituents is 1. The summed E-state index contributed by atoms with van der Waals surface area (Å²) in [6.07, 6.45) is 2.09. The van der Waals surface area contributed by atoms with E-state index in [1.807, 2.05) is 13.0 Å². The van der Waals surface area contributed by atoms with Crippen molar-refractivity contribution >= 4 is 17.3 Å². The second-order valence-corrected chi connectivity index (χ2v) is 4.62. The molecule has 1 aromatic heterocycles. The first kappa shape index (κ1) is 14.6. The number of furan rings is 1. The molecule has 1 atom stereocenters. The van der Waals surface area contributed by atoms with Crippen LogP contribution in [0.2, 0.25) is 0 Å². The quantitative estimate of drug-likeness (QED) is 0.626. The third-order valence-electron chi connectivity index (χ3n) is 2.93. The summed E-state index contributed by atoms with van der Waals surface area (Å²) < 4.78 is 5.22. The third-order valence-corrected chi connectivity index (χ3v) is 2.93. The summed E-state index contributed by atoms with van der Waals surface area (Å²) in [5.74, 6) is -0.394. The van der Waals surface area contributed by atoms with Crippen LogP contribution < -0.4 is 5.32 Å². The zero-order valence-corrected chi connectivity index (χ0v) is 11.3. The first-order valence-corrected chi connectivity index (χ1v) is 6.28. The Bertz CT molecular complexity index is 651. The van der Waals surface area contributed by atoms with E-state index < -0.39 is 10.9 Å². The normalized spacial score (nSPS) is 11.9. The van der Waals surface area contributed by atoms with Gasteiger partial charge in [0.05, 0.1) is 22.4 Å². The molecular weight excluding hydrogens is 276 g/mol. The van der Waals surface area contributed by atoms with Gasteiger partial charge in [0.1, 0.15) is 5.76 Å². The molecule has 0 aliphatic rings. The van der Waals surface area contributed by atoms with Crippen LogP contribution in [0.25, 0.3) is 0 Å². The Labute approximate surface area is 120 Å². The largest absolute Gasteiger partial charge is 0.478 e. The second-order valence-electron chi connectivity index (χ2n) is 4.62. The summed E-state index contributed by atoms with van der Waals surface area (Å²) in [5, 5.41) is 22.9. The van der Waals surface area contributed by atoms with Crippen molar-refractivity contribution in [2.45, 2.75) is 19.4 Å². The molecule has 2 N–H and O–H groups in total. The Morgan fingerprint density at radius 2 is 2.24 bits per heavy atom. The highest BCUT2D eigenvalue weighted by atomic mass is 16.6. The molecule has 21 heavy (non-hydrogen) atoms. The van der Waals surface area contributed by atoms with Crippen LogP contribution in [0.4, 0.5) is 11.4 Å². The van der Waals surface area contributed by atoms with E-state index in [2.05, 4.69) is 5.32 Å². The summed E-state index contributed by atoms with van der Waals surface area (Å²) in [5.41, 5.74) is 0.0512. The molecule has 0 amide bonds. The highest BCUT2D eigenvalue weighted by Gasteiger charge is 2.17. The molecule has 0 saturated heterocycles. The highest BCUT2D eigenvalue weighted by Crippen LogP contribution is 2.24. The molecule has 7 nitrogen and oxygen atoms in total. The van der Waals surface area contributed by atoms with E-state index in [0.29, 0.717) is 6.42 Å². The van der Waals surface area contributed by atoms with Crippen LogP contribution in [0, 0.1) is 10.1 Å². The van der Waals surface area contributed by atoms with Crippen molar-refractivity contribution in [3.8, 4) is 0 Å². The second kappa shape index (κ2) is 6.08. The van der Waals surface area contributed by atoms with Gasteiger partial charge in [0.2, 0.25) is 0 Å². The molecule has 2 aromatic rings. The van der Waals surface area contributed by atoms with Crippen LogP contribution in [-0.4, -0.2) is 22.0 Å². The molecule has 0 bridgehead atoms. The lowest BCUT2D eigenvalue weighted by Crippen LogP contribution is -2.19. The van der Waals surface area contributed by atoms with E-state index in [-0.39, 0.29) is 23.0 Å². The smallest absolute Gasteiger partial charge is 0.337 e. The molecule has 2 rings (SSSR count). The number of anilines is 1. The average Bonchev–Trinajstić information content (AvgIpc) is 2.90. The van der Waals surface area contributed by atoms with Crippen molar-refractivity contribution in [3.05, 3.63) is 58.0 Å². The molecule has 1 aromatic carbocycles. The number of carbonyl (C=O) groups is 1. The topological polar surface area (TPSA) is 106 Å². The van der Waals surface area contributed by atoms with E-state index in [4.69, 9.17) is 9.52 Å². The lowest BCUT2D eigenvalue weighted by atomic mass is 10.1. The maximum atomic E-state index is 11.2. The lowest BCUT2D eigenvalue weighted by Gasteiger charge is -2.15. The molecule has 0 spiro atoms. The van der Waals surface area contributed by atoms with Gasteiger partial charge in [0.25, 0.3) is 5.69 Å². The molecule has 0 fully saturated rings. The van der Waals surface area contributed by atoms with Crippen LogP contribution >= 0.6 is 0 Å². The molecule has 0 saturated carbocycles. The number of benzene rings is 1. The number of aromatic carboxylic acids is 1. The Morgan fingerprint density at radius 1 is 1.48 bits per heavy atom. The number of nitrogens with zero attached hydrogens (tertiary/aromatic N) is 1. The van der Waals surface area contributed by atoms with E-state index in [9.17, 15) is 14.9 Å². The number of carboxylic acid groups (broad SMARTS) is 1. The molecule has 0 aliphatic carbocycles. The van der Waals surface area contributed by atoms with Crippen LogP contribution in [0.5, 0.6) is 0 Å². The van der Waals surface area contributed by atoms with Gasteiger partial charge in [-0.05, 0) is 25.1 Å². The van der Waals surface area contributed by atoms with Crippen molar-refractivity contribution in [3.63, 3.8) is 0 Å². The average molecular weight is 290 g/mol. The summed E-state index contributed by atoms with van der Waals surface area (Å²) >= 11 is 0. The number of nitrogens with one attached hydrogen (secondary N) is 1. The predicted octanol–water partition coefficient (Wildman–Crippen LogP) is 2.93. The van der Waals surface area contributed by atoms with Crippen LogP contribution in [-0.2, 0) is 6.42 Å². The predicted molar refractivity (Wildman–Crippen MR) is 75.6 cm³/mol. The Balaban J connectivity index is 2.21. The van der Waals surface area contributed by atoms with Crippen LogP contribution in [0.1, 0.15) is 23.0 Å². The zero-order valence-electron chi connectivity index (χ0n) is 11.3. The summed E-state index contributed by atoms with van der Waals surface area (Å²) in [7, 11) is 0. The fourth-order valence-corrected chi connectivity index (χ4v) is 2.00. The van der Waals surface area contributed by atoms with Gasteiger partial charge in [0, 0.05) is 24.6 Å². The number of non-ortho nitro benzene ring substituents is 1.